The third-order valence-electron chi connectivity index (χ3n) is 1.81. The number of rotatable bonds is 2. The fourth-order valence-electron chi connectivity index (χ4n) is 1.14. The first-order valence-electron chi connectivity index (χ1n) is 4.43. The average Bonchev–Trinajstić information content (AvgIpc) is 2.22. The number of pyridine rings is 1. The minimum absolute atomic E-state index is 0.262. The lowest BCUT2D eigenvalue weighted by molar-refractivity contribution is 0.474. The number of halogens is 2. The molecule has 0 saturated carbocycles. The Labute approximate surface area is 114 Å². The smallest absolute Gasteiger partial charge is 0.116 e. The predicted molar refractivity (Wildman–Crippen MR) is 71.9 cm³/mol. The lowest BCUT2D eigenvalue weighted by atomic mass is 10.3. The van der Waals surface area contributed by atoms with Crippen LogP contribution < -0.4 is 0 Å². The topological polar surface area (TPSA) is 33.1 Å². The van der Waals surface area contributed by atoms with Gasteiger partial charge in [0.05, 0.1) is 4.47 Å². The van der Waals surface area contributed by atoms with Gasteiger partial charge in [-0.3, -0.25) is 0 Å². The molecular formula is C11H7Br2NOS. The van der Waals surface area contributed by atoms with E-state index in [4.69, 9.17) is 0 Å². The molecule has 1 N–H and O–H groups in total. The van der Waals surface area contributed by atoms with Crippen molar-refractivity contribution in [1.29, 1.82) is 0 Å². The molecule has 0 spiro atoms. The summed E-state index contributed by atoms with van der Waals surface area (Å²) in [5, 5.41) is 10.2. The number of hydrogen-bond donors (Lipinski definition) is 1. The molecule has 0 aliphatic rings. The summed E-state index contributed by atoms with van der Waals surface area (Å²) in [5.74, 6) is 0.262. The fourth-order valence-corrected chi connectivity index (χ4v) is 3.18. The van der Waals surface area contributed by atoms with E-state index in [1.807, 2.05) is 18.2 Å². The van der Waals surface area contributed by atoms with Gasteiger partial charge in [-0.25, -0.2) is 4.98 Å². The number of phenolic OH excluding ortho intramolecular Hbond substituents is 1. The van der Waals surface area contributed by atoms with Crippen LogP contribution in [-0.4, -0.2) is 10.1 Å². The molecule has 0 bridgehead atoms. The zero-order valence-electron chi connectivity index (χ0n) is 8.02. The van der Waals surface area contributed by atoms with E-state index in [1.165, 1.54) is 11.8 Å². The highest BCUT2D eigenvalue weighted by Crippen LogP contribution is 2.34. The van der Waals surface area contributed by atoms with Gasteiger partial charge in [-0.1, -0.05) is 17.8 Å². The van der Waals surface area contributed by atoms with Crippen LogP contribution >= 0.6 is 43.6 Å². The van der Waals surface area contributed by atoms with Gasteiger partial charge in [0.2, 0.25) is 0 Å². The van der Waals surface area contributed by atoms with Crippen molar-refractivity contribution < 1.29 is 5.11 Å². The molecule has 0 amide bonds. The van der Waals surface area contributed by atoms with E-state index in [0.29, 0.717) is 0 Å². The number of phenols is 1. The third-order valence-corrected chi connectivity index (χ3v) is 4.12. The molecule has 2 rings (SSSR count). The lowest BCUT2D eigenvalue weighted by Gasteiger charge is -2.04. The van der Waals surface area contributed by atoms with Gasteiger partial charge in [-0.15, -0.1) is 0 Å². The second kappa shape index (κ2) is 5.21. The van der Waals surface area contributed by atoms with Crippen molar-refractivity contribution in [2.24, 2.45) is 0 Å². The molecule has 0 unspecified atom stereocenters. The Bertz CT molecular complexity index is 519. The zero-order valence-corrected chi connectivity index (χ0v) is 12.0. The Balaban J connectivity index is 2.27. The molecule has 0 atom stereocenters. The molecule has 2 nitrogen and oxygen atoms in total. The molecule has 0 aliphatic heterocycles. The molecule has 1 heterocycles. The summed E-state index contributed by atoms with van der Waals surface area (Å²) in [4.78, 5) is 5.24. The normalized spacial score (nSPS) is 10.4. The summed E-state index contributed by atoms with van der Waals surface area (Å²) >= 11 is 8.30. The highest BCUT2D eigenvalue weighted by molar-refractivity contribution is 9.11. The van der Waals surface area contributed by atoms with E-state index in [0.717, 1.165) is 18.9 Å². The van der Waals surface area contributed by atoms with Gasteiger partial charge in [-0.2, -0.15) is 0 Å². The molecular weight excluding hydrogens is 354 g/mol. The summed E-state index contributed by atoms with van der Waals surface area (Å²) in [6.45, 7) is 0. The average molecular weight is 361 g/mol. The lowest BCUT2D eigenvalue weighted by Crippen LogP contribution is -1.82. The molecule has 0 fully saturated rings. The van der Waals surface area contributed by atoms with Crippen LogP contribution in [0.25, 0.3) is 0 Å². The number of nitrogens with zero attached hydrogens (tertiary/aromatic N) is 1. The summed E-state index contributed by atoms with van der Waals surface area (Å²) in [7, 11) is 0. The maximum Gasteiger partial charge on any atom is 0.116 e. The van der Waals surface area contributed by atoms with E-state index in [-0.39, 0.29) is 5.75 Å². The molecule has 82 valence electrons. The number of benzene rings is 1. The summed E-state index contributed by atoms with van der Waals surface area (Å²) in [6, 6.07) is 9.04. The first-order valence-corrected chi connectivity index (χ1v) is 6.83. The molecule has 1 aromatic heterocycles. The van der Waals surface area contributed by atoms with Gasteiger partial charge in [-0.05, 0) is 56.1 Å². The van der Waals surface area contributed by atoms with Crippen LogP contribution in [0.15, 0.2) is 55.4 Å². The van der Waals surface area contributed by atoms with Crippen LogP contribution in [0.5, 0.6) is 5.75 Å². The van der Waals surface area contributed by atoms with Crippen LogP contribution in [0, 0.1) is 0 Å². The van der Waals surface area contributed by atoms with Crippen molar-refractivity contribution in [2.45, 2.75) is 9.92 Å². The summed E-state index contributed by atoms with van der Waals surface area (Å²) in [6.07, 6.45) is 1.75. The number of aromatic nitrogens is 1. The number of hydrogen-bond acceptors (Lipinski definition) is 3. The SMILES string of the molecule is Oc1cccc(Sc2ncc(Br)cc2Br)c1. The third kappa shape index (κ3) is 2.99. The van der Waals surface area contributed by atoms with Gasteiger partial charge in [0.15, 0.2) is 0 Å². The van der Waals surface area contributed by atoms with Gasteiger partial charge in [0, 0.05) is 15.6 Å². The highest BCUT2D eigenvalue weighted by Gasteiger charge is 2.05. The fraction of sp³-hybridized carbons (Fsp3) is 0. The maximum atomic E-state index is 9.35. The van der Waals surface area contributed by atoms with Gasteiger partial charge >= 0.3 is 0 Å². The molecule has 5 heteroatoms. The Kier molecular flexibility index (Phi) is 3.89. The molecule has 0 aliphatic carbocycles. The zero-order chi connectivity index (χ0) is 11.5. The molecule has 16 heavy (non-hydrogen) atoms. The molecule has 1 aromatic carbocycles. The molecule has 2 aromatic rings. The minimum atomic E-state index is 0.262. The Morgan fingerprint density at radius 3 is 2.69 bits per heavy atom. The van der Waals surface area contributed by atoms with E-state index in [2.05, 4.69) is 36.8 Å². The van der Waals surface area contributed by atoms with Crippen LogP contribution in [-0.2, 0) is 0 Å². The van der Waals surface area contributed by atoms with Crippen molar-refractivity contribution >= 4 is 43.6 Å². The Hall–Kier alpha value is -0.520. The first kappa shape index (κ1) is 12.0. The quantitative estimate of drug-likeness (QED) is 0.857. The van der Waals surface area contributed by atoms with Gasteiger partial charge in [0.1, 0.15) is 10.8 Å². The Morgan fingerprint density at radius 2 is 2.00 bits per heavy atom. The summed E-state index contributed by atoms with van der Waals surface area (Å²) < 4.78 is 1.86. The van der Waals surface area contributed by atoms with Crippen molar-refractivity contribution in [1.82, 2.24) is 4.98 Å². The standard InChI is InChI=1S/C11H7Br2NOS/c12-7-4-10(13)11(14-6-7)16-9-3-1-2-8(15)5-9/h1-6,15H. The van der Waals surface area contributed by atoms with Crippen LogP contribution in [0.1, 0.15) is 0 Å². The van der Waals surface area contributed by atoms with E-state index >= 15 is 0 Å². The number of aromatic hydroxyl groups is 1. The van der Waals surface area contributed by atoms with Crippen LogP contribution in [0.3, 0.4) is 0 Å². The molecule has 0 saturated heterocycles. The predicted octanol–water partition coefficient (Wildman–Crippen LogP) is 4.46. The summed E-state index contributed by atoms with van der Waals surface area (Å²) in [5.41, 5.74) is 0. The first-order chi connectivity index (χ1) is 7.65. The monoisotopic (exact) mass is 359 g/mol. The van der Waals surface area contributed by atoms with E-state index in [9.17, 15) is 5.11 Å². The van der Waals surface area contributed by atoms with Crippen LogP contribution in [0.2, 0.25) is 0 Å². The van der Waals surface area contributed by atoms with Gasteiger partial charge in [0.25, 0.3) is 0 Å². The maximum absolute atomic E-state index is 9.35. The second-order valence-corrected chi connectivity index (χ2v) is 5.87. The largest absolute Gasteiger partial charge is 0.508 e. The van der Waals surface area contributed by atoms with Gasteiger partial charge < -0.3 is 5.11 Å². The minimum Gasteiger partial charge on any atom is -0.508 e. The Morgan fingerprint density at radius 1 is 1.19 bits per heavy atom. The van der Waals surface area contributed by atoms with E-state index in [1.54, 1.807) is 18.3 Å². The molecule has 0 radical (unpaired) electrons. The second-order valence-electron chi connectivity index (χ2n) is 3.04. The van der Waals surface area contributed by atoms with Crippen molar-refractivity contribution in [3.05, 3.63) is 45.5 Å². The highest BCUT2D eigenvalue weighted by atomic mass is 79.9. The van der Waals surface area contributed by atoms with E-state index < -0.39 is 0 Å². The van der Waals surface area contributed by atoms with Crippen LogP contribution in [0.4, 0.5) is 0 Å². The van der Waals surface area contributed by atoms with Crippen molar-refractivity contribution in [3.8, 4) is 5.75 Å². The van der Waals surface area contributed by atoms with Crippen molar-refractivity contribution in [2.75, 3.05) is 0 Å². The van der Waals surface area contributed by atoms with Crippen molar-refractivity contribution in [3.63, 3.8) is 0 Å².